The summed E-state index contributed by atoms with van der Waals surface area (Å²) in [5.74, 6) is 2.59. The number of nitrogens with zero attached hydrogens (tertiary/aromatic N) is 4. The number of nitrogens with one attached hydrogen (secondary N) is 1. The molecule has 0 aliphatic heterocycles. The van der Waals surface area contributed by atoms with Crippen molar-refractivity contribution in [1.82, 2.24) is 19.5 Å². The highest BCUT2D eigenvalue weighted by molar-refractivity contribution is 9.10. The Hall–Kier alpha value is -1.43. The molecule has 0 saturated heterocycles. The van der Waals surface area contributed by atoms with Gasteiger partial charge in [-0.05, 0) is 22.4 Å². The molecule has 0 saturated carbocycles. The molecule has 0 atom stereocenters. The average Bonchev–Trinajstić information content (AvgIpc) is 2.78. The second-order valence-corrected chi connectivity index (χ2v) is 4.37. The molecular formula is C11H14BrN5. The number of hydrogen-bond acceptors (Lipinski definition) is 4. The first kappa shape index (κ1) is 12.0. The van der Waals surface area contributed by atoms with Gasteiger partial charge in [0.2, 0.25) is 0 Å². The van der Waals surface area contributed by atoms with Gasteiger partial charge in [0.1, 0.15) is 22.4 Å². The van der Waals surface area contributed by atoms with Crippen molar-refractivity contribution in [3.63, 3.8) is 0 Å². The Labute approximate surface area is 108 Å². The van der Waals surface area contributed by atoms with Gasteiger partial charge in [-0.2, -0.15) is 0 Å². The van der Waals surface area contributed by atoms with Gasteiger partial charge in [0.15, 0.2) is 5.82 Å². The highest BCUT2D eigenvalue weighted by atomic mass is 79.9. The number of aryl methyl sites for hydroxylation is 1. The van der Waals surface area contributed by atoms with Crippen LogP contribution in [0.3, 0.4) is 0 Å². The summed E-state index contributed by atoms with van der Waals surface area (Å²) in [6, 6.07) is 0. The van der Waals surface area contributed by atoms with Gasteiger partial charge in [0.05, 0.1) is 0 Å². The van der Waals surface area contributed by atoms with Crippen LogP contribution in [0.5, 0.6) is 0 Å². The van der Waals surface area contributed by atoms with Gasteiger partial charge in [-0.25, -0.2) is 15.0 Å². The van der Waals surface area contributed by atoms with Crippen LogP contribution in [0.25, 0.3) is 5.82 Å². The molecule has 6 heteroatoms. The molecule has 0 radical (unpaired) electrons. The number of rotatable bonds is 4. The molecule has 2 aromatic rings. The van der Waals surface area contributed by atoms with Crippen LogP contribution >= 0.6 is 15.9 Å². The lowest BCUT2D eigenvalue weighted by Gasteiger charge is -2.10. The molecule has 2 aromatic heterocycles. The Morgan fingerprint density at radius 3 is 2.88 bits per heavy atom. The van der Waals surface area contributed by atoms with Crippen LogP contribution in [-0.4, -0.2) is 26.6 Å². The third-order valence-electron chi connectivity index (χ3n) is 2.43. The molecule has 2 heterocycles. The van der Waals surface area contributed by atoms with Crippen LogP contribution in [0.2, 0.25) is 0 Å². The van der Waals surface area contributed by atoms with Gasteiger partial charge in [-0.15, -0.1) is 0 Å². The van der Waals surface area contributed by atoms with Crippen molar-refractivity contribution in [3.05, 3.63) is 29.0 Å². The Balaban J connectivity index is 2.49. The zero-order chi connectivity index (χ0) is 12.3. The number of anilines is 1. The summed E-state index contributed by atoms with van der Waals surface area (Å²) in [5.41, 5.74) is 0. The van der Waals surface area contributed by atoms with E-state index in [1.54, 1.807) is 12.5 Å². The summed E-state index contributed by atoms with van der Waals surface area (Å²) in [4.78, 5) is 12.8. The van der Waals surface area contributed by atoms with Gasteiger partial charge in [-0.3, -0.25) is 4.57 Å². The zero-order valence-corrected chi connectivity index (χ0v) is 11.4. The first-order valence-corrected chi connectivity index (χ1v) is 6.28. The minimum absolute atomic E-state index is 0.770. The first-order chi connectivity index (χ1) is 8.27. The van der Waals surface area contributed by atoms with Crippen molar-refractivity contribution < 1.29 is 0 Å². The summed E-state index contributed by atoms with van der Waals surface area (Å²) in [5, 5.41) is 3.02. The van der Waals surface area contributed by atoms with Crippen molar-refractivity contribution >= 4 is 21.7 Å². The fraction of sp³-hybridized carbons (Fsp3) is 0.364. The van der Waals surface area contributed by atoms with E-state index < -0.39 is 0 Å². The van der Waals surface area contributed by atoms with E-state index in [1.165, 1.54) is 0 Å². The lowest BCUT2D eigenvalue weighted by molar-refractivity contribution is 0.794. The van der Waals surface area contributed by atoms with Gasteiger partial charge >= 0.3 is 0 Å². The lowest BCUT2D eigenvalue weighted by Crippen LogP contribution is -2.06. The summed E-state index contributed by atoms with van der Waals surface area (Å²) in [6.45, 7) is 2.13. The minimum Gasteiger partial charge on any atom is -0.372 e. The number of aromatic nitrogens is 4. The van der Waals surface area contributed by atoms with E-state index in [2.05, 4.69) is 43.1 Å². The molecule has 90 valence electrons. The van der Waals surface area contributed by atoms with E-state index in [0.717, 1.165) is 34.8 Å². The maximum atomic E-state index is 4.34. The van der Waals surface area contributed by atoms with Gasteiger partial charge in [0, 0.05) is 25.9 Å². The molecule has 5 nitrogen and oxygen atoms in total. The Morgan fingerprint density at radius 2 is 2.18 bits per heavy atom. The van der Waals surface area contributed by atoms with Crippen LogP contribution < -0.4 is 5.32 Å². The van der Waals surface area contributed by atoms with E-state index in [1.807, 2.05) is 17.8 Å². The maximum Gasteiger partial charge on any atom is 0.158 e. The largest absolute Gasteiger partial charge is 0.372 e. The van der Waals surface area contributed by atoms with Crippen LogP contribution in [0, 0.1) is 0 Å². The van der Waals surface area contributed by atoms with E-state index >= 15 is 0 Å². The standard InChI is InChI=1S/C11H14BrN5/c1-3-4-8-14-5-6-17(8)11-9(12)10(13-2)15-7-16-11/h5-7H,3-4H2,1-2H3,(H,13,15,16). The second-order valence-electron chi connectivity index (χ2n) is 3.57. The highest BCUT2D eigenvalue weighted by Crippen LogP contribution is 2.25. The number of halogens is 1. The summed E-state index contributed by atoms with van der Waals surface area (Å²) in [7, 11) is 1.83. The molecule has 0 amide bonds. The molecule has 1 N–H and O–H groups in total. The fourth-order valence-electron chi connectivity index (χ4n) is 1.64. The van der Waals surface area contributed by atoms with Crippen molar-refractivity contribution in [1.29, 1.82) is 0 Å². The predicted molar refractivity (Wildman–Crippen MR) is 70.4 cm³/mol. The maximum absolute atomic E-state index is 4.34. The van der Waals surface area contributed by atoms with Crippen molar-refractivity contribution in [3.8, 4) is 5.82 Å². The normalized spacial score (nSPS) is 10.5. The van der Waals surface area contributed by atoms with Gasteiger partial charge < -0.3 is 5.32 Å². The molecule has 0 aromatic carbocycles. The topological polar surface area (TPSA) is 55.6 Å². The van der Waals surface area contributed by atoms with Crippen molar-refractivity contribution in [2.24, 2.45) is 0 Å². The first-order valence-electron chi connectivity index (χ1n) is 5.48. The van der Waals surface area contributed by atoms with E-state index in [4.69, 9.17) is 0 Å². The molecule has 0 spiro atoms. The Bertz CT molecular complexity index is 508. The smallest absolute Gasteiger partial charge is 0.158 e. The Kier molecular flexibility index (Phi) is 3.73. The molecule has 17 heavy (non-hydrogen) atoms. The SMILES string of the molecule is CCCc1nccn1-c1ncnc(NC)c1Br. The summed E-state index contributed by atoms with van der Waals surface area (Å²) in [6.07, 6.45) is 7.23. The highest BCUT2D eigenvalue weighted by Gasteiger charge is 2.12. The van der Waals surface area contributed by atoms with Gasteiger partial charge in [-0.1, -0.05) is 6.92 Å². The summed E-state index contributed by atoms with van der Waals surface area (Å²) < 4.78 is 2.83. The summed E-state index contributed by atoms with van der Waals surface area (Å²) >= 11 is 3.51. The zero-order valence-electron chi connectivity index (χ0n) is 9.81. The molecule has 0 fully saturated rings. The molecule has 2 rings (SSSR count). The van der Waals surface area contributed by atoms with E-state index in [0.29, 0.717) is 0 Å². The monoisotopic (exact) mass is 295 g/mol. The van der Waals surface area contributed by atoms with Crippen molar-refractivity contribution in [2.75, 3.05) is 12.4 Å². The lowest BCUT2D eigenvalue weighted by atomic mass is 10.3. The molecule has 0 bridgehead atoms. The minimum atomic E-state index is 0.770. The van der Waals surface area contributed by atoms with Crippen LogP contribution in [0.1, 0.15) is 19.2 Å². The molecule has 0 aliphatic carbocycles. The van der Waals surface area contributed by atoms with Crippen molar-refractivity contribution in [2.45, 2.75) is 19.8 Å². The number of imidazole rings is 1. The van der Waals surface area contributed by atoms with Crippen LogP contribution in [0.4, 0.5) is 5.82 Å². The van der Waals surface area contributed by atoms with E-state index in [-0.39, 0.29) is 0 Å². The third-order valence-corrected chi connectivity index (χ3v) is 3.16. The molecule has 0 unspecified atom stereocenters. The third kappa shape index (κ3) is 2.31. The van der Waals surface area contributed by atoms with Gasteiger partial charge in [0.25, 0.3) is 0 Å². The average molecular weight is 296 g/mol. The second kappa shape index (κ2) is 5.27. The van der Waals surface area contributed by atoms with E-state index in [9.17, 15) is 0 Å². The molecule has 0 aliphatic rings. The quantitative estimate of drug-likeness (QED) is 0.941. The van der Waals surface area contributed by atoms with Crippen LogP contribution in [-0.2, 0) is 6.42 Å². The molecular weight excluding hydrogens is 282 g/mol. The number of hydrogen-bond donors (Lipinski definition) is 1. The Morgan fingerprint density at radius 1 is 1.35 bits per heavy atom. The van der Waals surface area contributed by atoms with Crippen LogP contribution in [0.15, 0.2) is 23.2 Å². The predicted octanol–water partition coefficient (Wildman–Crippen LogP) is 2.42. The fourth-order valence-corrected chi connectivity index (χ4v) is 2.23.